The van der Waals surface area contributed by atoms with Crippen LogP contribution in [0.15, 0.2) is 61.1 Å². The van der Waals surface area contributed by atoms with E-state index in [9.17, 15) is 19.2 Å². The van der Waals surface area contributed by atoms with Crippen LogP contribution in [0.2, 0.25) is 0 Å². The summed E-state index contributed by atoms with van der Waals surface area (Å²) in [6.45, 7) is 1.82. The molecule has 0 atom stereocenters. The molecule has 0 saturated carbocycles. The van der Waals surface area contributed by atoms with Gasteiger partial charge in [0.25, 0.3) is 0 Å². The van der Waals surface area contributed by atoms with Crippen molar-refractivity contribution in [2.24, 2.45) is 0 Å². The van der Waals surface area contributed by atoms with Crippen molar-refractivity contribution in [2.45, 2.75) is 19.8 Å². The SMILES string of the molecule is CC(=O)n1cc(Nc2nccc(-c3cc(C#N)c4c(c3)CCN4C(=O)Cc3ccccc3F)n2)cn1. The van der Waals surface area contributed by atoms with Crippen LogP contribution >= 0.6 is 0 Å². The van der Waals surface area contributed by atoms with Gasteiger partial charge in [0.05, 0.1) is 41.4 Å². The van der Waals surface area contributed by atoms with Crippen molar-refractivity contribution in [2.75, 3.05) is 16.8 Å². The lowest BCUT2D eigenvalue weighted by Crippen LogP contribution is -2.31. The van der Waals surface area contributed by atoms with E-state index in [0.717, 1.165) is 5.56 Å². The minimum atomic E-state index is -0.428. The third kappa shape index (κ3) is 4.42. The Balaban J connectivity index is 1.42. The molecule has 0 unspecified atom stereocenters. The smallest absolute Gasteiger partial charge is 0.243 e. The van der Waals surface area contributed by atoms with E-state index in [1.165, 1.54) is 30.1 Å². The van der Waals surface area contributed by atoms with Crippen molar-refractivity contribution >= 4 is 29.1 Å². The summed E-state index contributed by atoms with van der Waals surface area (Å²) in [5.74, 6) is -0.608. The number of amides is 1. The number of aromatic nitrogens is 4. The van der Waals surface area contributed by atoms with Gasteiger partial charge in [-0.05, 0) is 41.8 Å². The number of hydrogen-bond acceptors (Lipinski definition) is 7. The molecular weight excluding hydrogens is 461 g/mol. The lowest BCUT2D eigenvalue weighted by molar-refractivity contribution is -0.117. The first kappa shape index (κ1) is 22.9. The first-order valence-electron chi connectivity index (χ1n) is 11.2. The molecule has 0 saturated heterocycles. The Hall–Kier alpha value is -4.91. The zero-order valence-corrected chi connectivity index (χ0v) is 19.3. The fourth-order valence-electron chi connectivity index (χ4n) is 4.20. The maximum Gasteiger partial charge on any atom is 0.243 e. The standard InChI is InChI=1S/C26H20FN7O2/c1-16(35)34-15-21(14-30-34)31-26-29-8-6-23(32-26)19-10-18-7-9-33(25(18)20(11-19)13-28)24(36)12-17-4-2-3-5-22(17)27/h2-6,8,10-11,14-15H,7,9,12H2,1H3,(H,29,31,32). The minimum absolute atomic E-state index is 0.0834. The molecule has 9 nitrogen and oxygen atoms in total. The van der Waals surface area contributed by atoms with Crippen molar-refractivity contribution in [1.82, 2.24) is 19.7 Å². The van der Waals surface area contributed by atoms with Crippen LogP contribution in [0.5, 0.6) is 0 Å². The molecule has 0 spiro atoms. The highest BCUT2D eigenvalue weighted by molar-refractivity contribution is 5.98. The lowest BCUT2D eigenvalue weighted by Gasteiger charge is -2.19. The Morgan fingerprint density at radius 1 is 1.22 bits per heavy atom. The molecular formula is C26H20FN7O2. The molecule has 1 aliphatic heterocycles. The van der Waals surface area contributed by atoms with Gasteiger partial charge in [0.1, 0.15) is 11.9 Å². The topological polar surface area (TPSA) is 117 Å². The molecule has 0 bridgehead atoms. The van der Waals surface area contributed by atoms with Crippen molar-refractivity contribution in [1.29, 1.82) is 5.26 Å². The van der Waals surface area contributed by atoms with Crippen molar-refractivity contribution in [3.8, 4) is 17.3 Å². The van der Waals surface area contributed by atoms with E-state index in [1.807, 2.05) is 6.07 Å². The van der Waals surface area contributed by atoms with Crippen molar-refractivity contribution in [3.05, 3.63) is 83.6 Å². The van der Waals surface area contributed by atoms with Crippen LogP contribution in [0.4, 0.5) is 21.7 Å². The molecule has 1 N–H and O–H groups in total. The van der Waals surface area contributed by atoms with Gasteiger partial charge in [-0.3, -0.25) is 9.59 Å². The van der Waals surface area contributed by atoms with Gasteiger partial charge in [0.15, 0.2) is 0 Å². The fraction of sp³-hybridized carbons (Fsp3) is 0.154. The summed E-state index contributed by atoms with van der Waals surface area (Å²) in [7, 11) is 0. The number of nitrogens with zero attached hydrogens (tertiary/aromatic N) is 6. The van der Waals surface area contributed by atoms with Gasteiger partial charge in [0, 0.05) is 25.2 Å². The number of nitrogens with one attached hydrogen (secondary N) is 1. The third-order valence-corrected chi connectivity index (χ3v) is 5.90. The van der Waals surface area contributed by atoms with Crippen LogP contribution in [-0.2, 0) is 17.6 Å². The number of nitriles is 1. The van der Waals surface area contributed by atoms with Crippen LogP contribution in [-0.4, -0.2) is 38.1 Å². The van der Waals surface area contributed by atoms with Gasteiger partial charge in [-0.25, -0.2) is 19.0 Å². The summed E-state index contributed by atoms with van der Waals surface area (Å²) < 4.78 is 15.3. The van der Waals surface area contributed by atoms with E-state index in [1.54, 1.807) is 41.4 Å². The highest BCUT2D eigenvalue weighted by Gasteiger charge is 2.29. The molecule has 178 valence electrons. The second-order valence-corrected chi connectivity index (χ2v) is 8.29. The Kier molecular flexibility index (Phi) is 5.96. The zero-order chi connectivity index (χ0) is 25.2. The number of carbonyl (C=O) groups is 2. The Labute approximate surface area is 205 Å². The Morgan fingerprint density at radius 3 is 2.81 bits per heavy atom. The third-order valence-electron chi connectivity index (χ3n) is 5.90. The molecule has 0 aliphatic carbocycles. The number of fused-ring (bicyclic) bond motifs is 1. The van der Waals surface area contributed by atoms with E-state index in [4.69, 9.17) is 0 Å². The van der Waals surface area contributed by atoms with E-state index in [2.05, 4.69) is 26.5 Å². The summed E-state index contributed by atoms with van der Waals surface area (Å²) in [5.41, 5.74) is 3.92. The maximum atomic E-state index is 14.1. The number of hydrogen-bond donors (Lipinski definition) is 1. The second-order valence-electron chi connectivity index (χ2n) is 8.29. The van der Waals surface area contributed by atoms with Gasteiger partial charge < -0.3 is 10.2 Å². The number of halogens is 1. The first-order chi connectivity index (χ1) is 17.4. The summed E-state index contributed by atoms with van der Waals surface area (Å²) in [4.78, 5) is 34.8. The van der Waals surface area contributed by atoms with Gasteiger partial charge in [-0.2, -0.15) is 10.4 Å². The Morgan fingerprint density at radius 2 is 2.06 bits per heavy atom. The quantitative estimate of drug-likeness (QED) is 0.460. The normalized spacial score (nSPS) is 12.2. The van der Waals surface area contributed by atoms with E-state index >= 15 is 0 Å². The lowest BCUT2D eigenvalue weighted by atomic mass is 10.0. The maximum absolute atomic E-state index is 14.1. The van der Waals surface area contributed by atoms with E-state index in [0.29, 0.717) is 52.7 Å². The number of rotatable bonds is 5. The average Bonchev–Trinajstić information content (AvgIpc) is 3.52. The molecule has 2 aromatic heterocycles. The van der Waals surface area contributed by atoms with Gasteiger partial charge in [0.2, 0.25) is 17.8 Å². The molecule has 1 amide bonds. The van der Waals surface area contributed by atoms with Crippen molar-refractivity contribution < 1.29 is 14.0 Å². The molecule has 1 aliphatic rings. The van der Waals surface area contributed by atoms with Crippen molar-refractivity contribution in [3.63, 3.8) is 0 Å². The van der Waals surface area contributed by atoms with Crippen LogP contribution in [0.3, 0.4) is 0 Å². The molecule has 4 aromatic rings. The number of benzene rings is 2. The minimum Gasteiger partial charge on any atom is -0.321 e. The summed E-state index contributed by atoms with van der Waals surface area (Å²) in [5, 5.41) is 16.9. The average molecular weight is 481 g/mol. The van der Waals surface area contributed by atoms with Crippen LogP contribution in [0.25, 0.3) is 11.3 Å². The molecule has 3 heterocycles. The predicted octanol–water partition coefficient (Wildman–Crippen LogP) is 3.89. The summed E-state index contributed by atoms with van der Waals surface area (Å²) in [6.07, 6.45) is 5.10. The van der Waals surface area contributed by atoms with Gasteiger partial charge in [-0.1, -0.05) is 18.2 Å². The highest BCUT2D eigenvalue weighted by atomic mass is 19.1. The molecule has 5 rings (SSSR count). The highest BCUT2D eigenvalue weighted by Crippen LogP contribution is 2.36. The molecule has 0 radical (unpaired) electrons. The molecule has 10 heteroatoms. The predicted molar refractivity (Wildman–Crippen MR) is 130 cm³/mol. The number of anilines is 3. The van der Waals surface area contributed by atoms with Gasteiger partial charge >= 0.3 is 0 Å². The Bertz CT molecular complexity index is 1540. The second kappa shape index (κ2) is 9.38. The first-order valence-corrected chi connectivity index (χ1v) is 11.2. The van der Waals surface area contributed by atoms with E-state index < -0.39 is 5.82 Å². The molecule has 0 fully saturated rings. The summed E-state index contributed by atoms with van der Waals surface area (Å²) in [6, 6.07) is 13.7. The molecule has 36 heavy (non-hydrogen) atoms. The van der Waals surface area contributed by atoms with Crippen LogP contribution < -0.4 is 10.2 Å². The summed E-state index contributed by atoms with van der Waals surface area (Å²) >= 11 is 0. The molecule has 2 aromatic carbocycles. The van der Waals surface area contributed by atoms with Crippen LogP contribution in [0.1, 0.15) is 28.4 Å². The zero-order valence-electron chi connectivity index (χ0n) is 19.3. The number of carbonyl (C=O) groups excluding carboxylic acids is 2. The fourth-order valence-corrected chi connectivity index (χ4v) is 4.20. The largest absolute Gasteiger partial charge is 0.321 e. The van der Waals surface area contributed by atoms with E-state index in [-0.39, 0.29) is 18.2 Å². The van der Waals surface area contributed by atoms with Crippen LogP contribution in [0, 0.1) is 17.1 Å². The monoisotopic (exact) mass is 481 g/mol. The van der Waals surface area contributed by atoms with Gasteiger partial charge in [-0.15, -0.1) is 0 Å².